The van der Waals surface area contributed by atoms with Gasteiger partial charge in [0.05, 0.1) is 11.4 Å². The minimum absolute atomic E-state index is 0.0655. The van der Waals surface area contributed by atoms with Gasteiger partial charge in [0.25, 0.3) is 0 Å². The van der Waals surface area contributed by atoms with Crippen molar-refractivity contribution in [2.24, 2.45) is 0 Å². The molecule has 0 saturated heterocycles. The van der Waals surface area contributed by atoms with Gasteiger partial charge in [0, 0.05) is 28.5 Å². The molecule has 0 atom stereocenters. The normalized spacial score (nSPS) is 10.5. The molecule has 148 valence electrons. The third-order valence-corrected chi connectivity index (χ3v) is 4.58. The van der Waals surface area contributed by atoms with Gasteiger partial charge in [-0.05, 0) is 42.5 Å². The first-order chi connectivity index (χ1) is 14.5. The average molecular weight is 398 g/mol. The Morgan fingerprint density at radius 1 is 0.733 bits per heavy atom. The van der Waals surface area contributed by atoms with E-state index in [-0.39, 0.29) is 22.9 Å². The van der Waals surface area contributed by atoms with E-state index in [1.165, 1.54) is 12.1 Å². The number of phenolic OH excluding ortho intramolecular Hbond substituents is 2. The van der Waals surface area contributed by atoms with Gasteiger partial charge < -0.3 is 31.2 Å². The zero-order chi connectivity index (χ0) is 21.3. The Morgan fingerprint density at radius 3 is 1.90 bits per heavy atom. The molecule has 30 heavy (non-hydrogen) atoms. The van der Waals surface area contributed by atoms with Crippen LogP contribution in [0.4, 0.5) is 11.4 Å². The van der Waals surface area contributed by atoms with E-state index in [1.807, 2.05) is 12.1 Å². The molecule has 0 aliphatic heterocycles. The van der Waals surface area contributed by atoms with Crippen molar-refractivity contribution >= 4 is 22.1 Å². The van der Waals surface area contributed by atoms with Gasteiger partial charge in [-0.15, -0.1) is 6.42 Å². The van der Waals surface area contributed by atoms with Crippen molar-refractivity contribution in [3.63, 3.8) is 0 Å². The molecule has 0 amide bonds. The Hall–Kier alpha value is -4.50. The van der Waals surface area contributed by atoms with Crippen molar-refractivity contribution < 1.29 is 19.7 Å². The number of nitrogen functional groups attached to an aromatic ring is 2. The SMILES string of the molecule is C#Cc1ccc(Oc2ccc(N)c(O)c2)c2cccc(Oc3ccc(N)c(O)c3)c12. The van der Waals surface area contributed by atoms with Gasteiger partial charge in [0.15, 0.2) is 0 Å². The zero-order valence-electron chi connectivity index (χ0n) is 15.8. The second-order valence-electron chi connectivity index (χ2n) is 6.58. The highest BCUT2D eigenvalue weighted by Gasteiger charge is 2.14. The van der Waals surface area contributed by atoms with Crippen LogP contribution in [-0.4, -0.2) is 10.2 Å². The van der Waals surface area contributed by atoms with Crippen molar-refractivity contribution in [2.75, 3.05) is 11.5 Å². The minimum atomic E-state index is -0.0721. The van der Waals surface area contributed by atoms with E-state index in [2.05, 4.69) is 5.92 Å². The molecule has 4 aromatic rings. The summed E-state index contributed by atoms with van der Waals surface area (Å²) in [6.45, 7) is 0. The Labute approximate surface area is 172 Å². The number of rotatable bonds is 4. The standard InChI is InChI=1S/C24H18N2O4/c1-2-14-6-11-22(29-15-7-9-18(25)20(27)12-15)17-4-3-5-23(24(14)17)30-16-8-10-19(26)21(28)13-16/h1,3-13,27-28H,25-26H2. The number of hydrogen-bond acceptors (Lipinski definition) is 6. The van der Waals surface area contributed by atoms with Crippen LogP contribution in [0.5, 0.6) is 34.5 Å². The van der Waals surface area contributed by atoms with Crippen LogP contribution in [0, 0.1) is 12.3 Å². The van der Waals surface area contributed by atoms with E-state index in [1.54, 1.807) is 42.5 Å². The van der Waals surface area contributed by atoms with Gasteiger partial charge in [-0.25, -0.2) is 0 Å². The number of terminal acetylenes is 1. The van der Waals surface area contributed by atoms with E-state index in [9.17, 15) is 10.2 Å². The monoisotopic (exact) mass is 398 g/mol. The van der Waals surface area contributed by atoms with Crippen LogP contribution >= 0.6 is 0 Å². The van der Waals surface area contributed by atoms with Crippen molar-refractivity contribution in [3.8, 4) is 46.8 Å². The highest BCUT2D eigenvalue weighted by molar-refractivity contribution is 5.98. The number of aromatic hydroxyl groups is 2. The average Bonchev–Trinajstić information content (AvgIpc) is 2.74. The van der Waals surface area contributed by atoms with Gasteiger partial charge in [-0.1, -0.05) is 18.1 Å². The smallest absolute Gasteiger partial charge is 0.142 e. The molecule has 0 heterocycles. The predicted molar refractivity (Wildman–Crippen MR) is 117 cm³/mol. The molecule has 6 nitrogen and oxygen atoms in total. The van der Waals surface area contributed by atoms with E-state index in [0.29, 0.717) is 33.9 Å². The van der Waals surface area contributed by atoms with Crippen molar-refractivity contribution in [1.82, 2.24) is 0 Å². The van der Waals surface area contributed by atoms with Crippen LogP contribution in [0.3, 0.4) is 0 Å². The molecular formula is C24H18N2O4. The van der Waals surface area contributed by atoms with Crippen molar-refractivity contribution in [1.29, 1.82) is 0 Å². The van der Waals surface area contributed by atoms with E-state index >= 15 is 0 Å². The van der Waals surface area contributed by atoms with Crippen molar-refractivity contribution in [2.45, 2.75) is 0 Å². The van der Waals surface area contributed by atoms with Crippen LogP contribution in [0.1, 0.15) is 5.56 Å². The number of fused-ring (bicyclic) bond motifs is 1. The Bertz CT molecular complexity index is 1310. The summed E-state index contributed by atoms with van der Waals surface area (Å²) in [5.74, 6) is 4.38. The predicted octanol–water partition coefficient (Wildman–Crippen LogP) is 4.98. The molecule has 0 bridgehead atoms. The summed E-state index contributed by atoms with van der Waals surface area (Å²) in [4.78, 5) is 0. The summed E-state index contributed by atoms with van der Waals surface area (Å²) in [5, 5.41) is 21.1. The Balaban J connectivity index is 1.81. The summed E-state index contributed by atoms with van der Waals surface area (Å²) in [6.07, 6.45) is 5.71. The molecule has 0 saturated carbocycles. The van der Waals surface area contributed by atoms with Crippen LogP contribution < -0.4 is 20.9 Å². The van der Waals surface area contributed by atoms with Crippen LogP contribution in [-0.2, 0) is 0 Å². The van der Waals surface area contributed by atoms with Gasteiger partial charge >= 0.3 is 0 Å². The summed E-state index contributed by atoms with van der Waals surface area (Å²) in [6, 6.07) is 18.2. The second kappa shape index (κ2) is 7.49. The maximum Gasteiger partial charge on any atom is 0.142 e. The Kier molecular flexibility index (Phi) is 4.71. The summed E-state index contributed by atoms with van der Waals surface area (Å²) in [7, 11) is 0. The molecule has 6 heteroatoms. The van der Waals surface area contributed by atoms with Crippen LogP contribution in [0.25, 0.3) is 10.8 Å². The van der Waals surface area contributed by atoms with E-state index in [4.69, 9.17) is 27.4 Å². The molecule has 6 N–H and O–H groups in total. The minimum Gasteiger partial charge on any atom is -0.506 e. The number of phenols is 2. The molecule has 4 aromatic carbocycles. The summed E-state index contributed by atoms with van der Waals surface area (Å²) in [5.41, 5.74) is 12.4. The first-order valence-corrected chi connectivity index (χ1v) is 9.01. The molecule has 0 aliphatic rings. The molecule has 0 spiro atoms. The van der Waals surface area contributed by atoms with Gasteiger partial charge in [-0.3, -0.25) is 0 Å². The Morgan fingerprint density at radius 2 is 1.33 bits per heavy atom. The van der Waals surface area contributed by atoms with E-state index in [0.717, 1.165) is 5.39 Å². The summed E-state index contributed by atoms with van der Waals surface area (Å²) >= 11 is 0. The molecule has 0 unspecified atom stereocenters. The first kappa shape index (κ1) is 18.8. The molecule has 4 rings (SSSR count). The van der Waals surface area contributed by atoms with Gasteiger partial charge in [0.2, 0.25) is 0 Å². The largest absolute Gasteiger partial charge is 0.506 e. The number of ether oxygens (including phenoxy) is 2. The van der Waals surface area contributed by atoms with Crippen molar-refractivity contribution in [3.05, 3.63) is 72.3 Å². The maximum atomic E-state index is 9.86. The molecule has 0 radical (unpaired) electrons. The lowest BCUT2D eigenvalue weighted by atomic mass is 10.0. The third kappa shape index (κ3) is 3.48. The number of benzene rings is 4. The number of anilines is 2. The molecule has 0 aliphatic carbocycles. The lowest BCUT2D eigenvalue weighted by Crippen LogP contribution is -1.93. The van der Waals surface area contributed by atoms with E-state index < -0.39 is 0 Å². The first-order valence-electron chi connectivity index (χ1n) is 9.01. The number of nitrogens with two attached hydrogens (primary N) is 2. The van der Waals surface area contributed by atoms with Gasteiger partial charge in [-0.2, -0.15) is 0 Å². The fourth-order valence-electron chi connectivity index (χ4n) is 3.07. The second-order valence-corrected chi connectivity index (χ2v) is 6.58. The molecular weight excluding hydrogens is 380 g/mol. The highest BCUT2D eigenvalue weighted by atomic mass is 16.5. The highest BCUT2D eigenvalue weighted by Crippen LogP contribution is 2.40. The lowest BCUT2D eigenvalue weighted by Gasteiger charge is -2.15. The summed E-state index contributed by atoms with van der Waals surface area (Å²) < 4.78 is 12.0. The third-order valence-electron chi connectivity index (χ3n) is 4.58. The maximum absolute atomic E-state index is 9.86. The van der Waals surface area contributed by atoms with Crippen LogP contribution in [0.2, 0.25) is 0 Å². The molecule has 0 aromatic heterocycles. The quantitative estimate of drug-likeness (QED) is 0.219. The molecule has 0 fully saturated rings. The number of hydrogen-bond donors (Lipinski definition) is 4. The van der Waals surface area contributed by atoms with Gasteiger partial charge in [0.1, 0.15) is 34.5 Å². The fraction of sp³-hybridized carbons (Fsp3) is 0. The lowest BCUT2D eigenvalue weighted by molar-refractivity contribution is 0.456. The topological polar surface area (TPSA) is 111 Å². The fourth-order valence-corrected chi connectivity index (χ4v) is 3.07. The zero-order valence-corrected chi connectivity index (χ0v) is 15.8. The van der Waals surface area contributed by atoms with Crippen LogP contribution in [0.15, 0.2) is 66.7 Å².